The molecule has 0 radical (unpaired) electrons. The van der Waals surface area contributed by atoms with E-state index in [4.69, 9.17) is 0 Å². The topological polar surface area (TPSA) is 50.2 Å². The lowest BCUT2D eigenvalue weighted by atomic mass is 10.3. The average Bonchev–Trinajstić information content (AvgIpc) is 2.87. The highest BCUT2D eigenvalue weighted by atomic mass is 32.1. The largest absolute Gasteiger partial charge is 0.290 e. The first-order chi connectivity index (χ1) is 8.24. The lowest BCUT2D eigenvalue weighted by Gasteiger charge is -2.01. The Bertz CT molecular complexity index is 750. The number of hydrogen-bond acceptors (Lipinski definition) is 3. The molecule has 0 amide bonds. The van der Waals surface area contributed by atoms with E-state index in [1.165, 1.54) is 4.88 Å². The molecule has 0 aliphatic heterocycles. The van der Waals surface area contributed by atoms with Crippen molar-refractivity contribution in [3.05, 3.63) is 33.2 Å². The highest BCUT2D eigenvalue weighted by Gasteiger charge is 2.12. The molecule has 0 bridgehead atoms. The second-order valence-corrected chi connectivity index (χ2v) is 5.17. The van der Waals surface area contributed by atoms with Gasteiger partial charge in [-0.2, -0.15) is 5.10 Å². The number of thiophene rings is 1. The van der Waals surface area contributed by atoms with E-state index in [-0.39, 0.29) is 5.56 Å². The van der Waals surface area contributed by atoms with Crippen LogP contribution in [-0.2, 0) is 12.8 Å². The van der Waals surface area contributed by atoms with Gasteiger partial charge < -0.3 is 0 Å². The molecule has 0 spiro atoms. The van der Waals surface area contributed by atoms with Crippen LogP contribution in [-0.4, -0.2) is 14.6 Å². The minimum atomic E-state index is -0.122. The van der Waals surface area contributed by atoms with Gasteiger partial charge >= 0.3 is 0 Å². The summed E-state index contributed by atoms with van der Waals surface area (Å²) in [5.74, 6) is 0.898. The summed E-state index contributed by atoms with van der Waals surface area (Å²) in [7, 11) is 0. The number of nitrogens with zero attached hydrogens (tertiary/aromatic N) is 2. The summed E-state index contributed by atoms with van der Waals surface area (Å²) in [6.07, 6.45) is 1.83. The fourth-order valence-corrected chi connectivity index (χ4v) is 3.15. The maximum absolute atomic E-state index is 11.7. The molecule has 0 fully saturated rings. The van der Waals surface area contributed by atoms with Gasteiger partial charge in [-0.1, -0.05) is 13.8 Å². The monoisotopic (exact) mass is 247 g/mol. The van der Waals surface area contributed by atoms with Crippen molar-refractivity contribution in [1.82, 2.24) is 14.6 Å². The lowest BCUT2D eigenvalue weighted by molar-refractivity contribution is 0.820. The Labute approximate surface area is 102 Å². The molecular weight excluding hydrogens is 234 g/mol. The van der Waals surface area contributed by atoms with Gasteiger partial charge in [0.1, 0.15) is 11.3 Å². The molecular formula is C12H13N3OS. The molecule has 3 rings (SSSR count). The van der Waals surface area contributed by atoms with E-state index in [1.807, 2.05) is 17.4 Å². The van der Waals surface area contributed by atoms with E-state index in [1.54, 1.807) is 11.3 Å². The summed E-state index contributed by atoms with van der Waals surface area (Å²) >= 11 is 1.75. The maximum Gasteiger partial charge on any atom is 0.288 e. The third-order valence-corrected chi connectivity index (χ3v) is 4.20. The summed E-state index contributed by atoms with van der Waals surface area (Å²) in [5.41, 5.74) is 1.68. The van der Waals surface area contributed by atoms with E-state index in [9.17, 15) is 4.79 Å². The molecule has 3 heterocycles. The van der Waals surface area contributed by atoms with Crippen molar-refractivity contribution in [1.29, 1.82) is 0 Å². The van der Waals surface area contributed by atoms with Gasteiger partial charge in [-0.15, -0.1) is 11.3 Å². The van der Waals surface area contributed by atoms with Crippen LogP contribution in [0.1, 0.15) is 24.5 Å². The number of hydrogen-bond donors (Lipinski definition) is 1. The molecule has 0 aromatic carbocycles. The number of aromatic nitrogens is 3. The number of nitrogens with one attached hydrogen (secondary N) is 1. The normalized spacial score (nSPS) is 11.6. The van der Waals surface area contributed by atoms with E-state index in [0.717, 1.165) is 28.9 Å². The molecule has 0 aliphatic carbocycles. The second kappa shape index (κ2) is 3.70. The predicted molar refractivity (Wildman–Crippen MR) is 70.0 cm³/mol. The number of aromatic amines is 1. The molecule has 0 saturated carbocycles. The Morgan fingerprint density at radius 1 is 1.29 bits per heavy atom. The van der Waals surface area contributed by atoms with Crippen LogP contribution in [0.25, 0.3) is 15.7 Å². The summed E-state index contributed by atoms with van der Waals surface area (Å²) in [4.78, 5) is 13.1. The van der Waals surface area contributed by atoms with E-state index in [2.05, 4.69) is 23.2 Å². The van der Waals surface area contributed by atoms with Crippen LogP contribution in [0.4, 0.5) is 0 Å². The number of fused-ring (bicyclic) bond motifs is 3. The van der Waals surface area contributed by atoms with Gasteiger partial charge in [0.15, 0.2) is 0 Å². The van der Waals surface area contributed by atoms with Crippen LogP contribution < -0.4 is 5.56 Å². The lowest BCUT2D eigenvalue weighted by Crippen LogP contribution is -2.14. The first-order valence-corrected chi connectivity index (χ1v) is 6.57. The summed E-state index contributed by atoms with van der Waals surface area (Å²) < 4.78 is 3.14. The molecule has 3 aromatic rings. The minimum Gasteiger partial charge on any atom is -0.290 e. The van der Waals surface area contributed by atoms with Gasteiger partial charge in [0, 0.05) is 11.3 Å². The summed E-state index contributed by atoms with van der Waals surface area (Å²) in [5, 5.41) is 6.66. The number of aryl methyl sites for hydroxylation is 2. The molecule has 0 aliphatic rings. The van der Waals surface area contributed by atoms with Crippen molar-refractivity contribution in [2.45, 2.75) is 26.7 Å². The molecule has 1 N–H and O–H groups in total. The van der Waals surface area contributed by atoms with Crippen LogP contribution in [0.15, 0.2) is 16.9 Å². The number of H-pyrrole nitrogens is 1. The zero-order chi connectivity index (χ0) is 12.0. The minimum absolute atomic E-state index is 0.122. The van der Waals surface area contributed by atoms with Crippen molar-refractivity contribution >= 4 is 27.1 Å². The van der Waals surface area contributed by atoms with Gasteiger partial charge in [0.2, 0.25) is 0 Å². The van der Waals surface area contributed by atoms with Crippen molar-refractivity contribution in [3.63, 3.8) is 0 Å². The van der Waals surface area contributed by atoms with E-state index in [0.29, 0.717) is 5.52 Å². The molecule has 88 valence electrons. The summed E-state index contributed by atoms with van der Waals surface area (Å²) in [6.45, 7) is 4.18. The predicted octanol–water partition coefficient (Wildman–Crippen LogP) is 2.36. The van der Waals surface area contributed by atoms with Crippen LogP contribution in [0.3, 0.4) is 0 Å². The smallest absolute Gasteiger partial charge is 0.288 e. The van der Waals surface area contributed by atoms with Crippen LogP contribution in [0.5, 0.6) is 0 Å². The Hall–Kier alpha value is -1.62. The van der Waals surface area contributed by atoms with Crippen molar-refractivity contribution in [2.75, 3.05) is 0 Å². The van der Waals surface area contributed by atoms with Gasteiger partial charge in [0.25, 0.3) is 5.56 Å². The fraction of sp³-hybridized carbons (Fsp3) is 0.333. The molecule has 0 atom stereocenters. The van der Waals surface area contributed by atoms with Crippen LogP contribution >= 0.6 is 11.3 Å². The quantitative estimate of drug-likeness (QED) is 0.755. The first kappa shape index (κ1) is 10.5. The molecule has 5 heteroatoms. The van der Waals surface area contributed by atoms with Crippen LogP contribution in [0.2, 0.25) is 0 Å². The molecule has 0 unspecified atom stereocenters. The maximum atomic E-state index is 11.7. The Balaban J connectivity index is 2.51. The van der Waals surface area contributed by atoms with E-state index >= 15 is 0 Å². The van der Waals surface area contributed by atoms with Gasteiger partial charge in [-0.25, -0.2) is 5.10 Å². The Morgan fingerprint density at radius 2 is 2.12 bits per heavy atom. The molecule has 0 saturated heterocycles. The Kier molecular flexibility index (Phi) is 2.29. The number of rotatable bonds is 2. The standard InChI is InChI=1S/C12H13N3OS/c1-3-7-5-8-10(17-7)6-9-12(16)14-13-11(4-2)15(8)9/h5-6H,3-4H2,1-2H3,(H,14,16). The second-order valence-electron chi connectivity index (χ2n) is 4.00. The van der Waals surface area contributed by atoms with Crippen molar-refractivity contribution in [3.8, 4) is 0 Å². The molecule has 17 heavy (non-hydrogen) atoms. The van der Waals surface area contributed by atoms with Gasteiger partial charge in [-0.05, 0) is 18.6 Å². The highest BCUT2D eigenvalue weighted by Crippen LogP contribution is 2.28. The average molecular weight is 247 g/mol. The Morgan fingerprint density at radius 3 is 2.82 bits per heavy atom. The summed E-state index contributed by atoms with van der Waals surface area (Å²) in [6, 6.07) is 4.12. The van der Waals surface area contributed by atoms with E-state index < -0.39 is 0 Å². The highest BCUT2D eigenvalue weighted by molar-refractivity contribution is 7.19. The zero-order valence-corrected chi connectivity index (χ0v) is 10.6. The molecule has 4 nitrogen and oxygen atoms in total. The van der Waals surface area contributed by atoms with Gasteiger partial charge in [-0.3, -0.25) is 9.20 Å². The SMILES string of the molecule is CCc1cc2c(cc3c(=O)[nH]nc(CC)n32)s1. The van der Waals surface area contributed by atoms with Crippen LogP contribution in [0, 0.1) is 0 Å². The third-order valence-electron chi connectivity index (χ3n) is 2.98. The fourth-order valence-electron chi connectivity index (χ4n) is 2.12. The van der Waals surface area contributed by atoms with Gasteiger partial charge in [0.05, 0.1) is 10.2 Å². The molecule has 3 aromatic heterocycles. The first-order valence-electron chi connectivity index (χ1n) is 5.76. The van der Waals surface area contributed by atoms with Crippen molar-refractivity contribution < 1.29 is 0 Å². The van der Waals surface area contributed by atoms with Crippen molar-refractivity contribution in [2.24, 2.45) is 0 Å². The zero-order valence-electron chi connectivity index (χ0n) is 9.78. The third kappa shape index (κ3) is 1.42.